The summed E-state index contributed by atoms with van der Waals surface area (Å²) in [6.45, 7) is 1.92. The molecule has 0 fully saturated rings. The number of hydrogen-bond donors (Lipinski definition) is 2. The molecule has 2 N–H and O–H groups in total. The van der Waals surface area contributed by atoms with Gasteiger partial charge in [0, 0.05) is 4.90 Å². The number of hydrogen-bond acceptors (Lipinski definition) is 4. The largest absolute Gasteiger partial charge is 0.495 e. The summed E-state index contributed by atoms with van der Waals surface area (Å²) in [7, 11) is 1.53. The number of carboxylic acid groups (broad SMARTS) is 1. The fourth-order valence-corrected chi connectivity index (χ4v) is 3.00. The second kappa shape index (κ2) is 4.89. The van der Waals surface area contributed by atoms with E-state index in [2.05, 4.69) is 5.32 Å². The van der Waals surface area contributed by atoms with Crippen molar-refractivity contribution < 1.29 is 19.4 Å². The van der Waals surface area contributed by atoms with E-state index in [1.54, 1.807) is 6.07 Å². The molecule has 0 saturated carbocycles. The standard InChI is InChI=1S/C12H13NO4S/c1-6-3-4-7(17-2)10-11(6)18-8(5-9(14)15)12(16)13-10/h3-4,8H,5H2,1-2H3,(H,13,16)(H,14,15). The number of aliphatic carboxylic acids is 1. The number of carbonyl (C=O) groups excluding carboxylic acids is 1. The number of methoxy groups -OCH3 is 1. The Labute approximate surface area is 109 Å². The van der Waals surface area contributed by atoms with E-state index in [4.69, 9.17) is 9.84 Å². The van der Waals surface area contributed by atoms with E-state index < -0.39 is 11.2 Å². The zero-order valence-electron chi connectivity index (χ0n) is 10.0. The summed E-state index contributed by atoms with van der Waals surface area (Å²) < 4.78 is 5.19. The van der Waals surface area contributed by atoms with Gasteiger partial charge in [-0.2, -0.15) is 0 Å². The maximum atomic E-state index is 11.8. The van der Waals surface area contributed by atoms with Crippen LogP contribution in [0.2, 0.25) is 0 Å². The van der Waals surface area contributed by atoms with E-state index in [-0.39, 0.29) is 12.3 Å². The van der Waals surface area contributed by atoms with Gasteiger partial charge in [0.05, 0.1) is 24.5 Å². The molecule has 0 bridgehead atoms. The van der Waals surface area contributed by atoms with Crippen LogP contribution in [0.4, 0.5) is 5.69 Å². The predicted molar refractivity (Wildman–Crippen MR) is 68.3 cm³/mol. The second-order valence-corrected chi connectivity index (χ2v) is 5.20. The molecule has 18 heavy (non-hydrogen) atoms. The number of ether oxygens (including phenoxy) is 1. The van der Waals surface area contributed by atoms with Crippen LogP contribution in [0.15, 0.2) is 17.0 Å². The minimum absolute atomic E-state index is 0.188. The molecule has 1 aromatic carbocycles. The molecule has 0 aliphatic carbocycles. The van der Waals surface area contributed by atoms with Crippen molar-refractivity contribution >= 4 is 29.3 Å². The van der Waals surface area contributed by atoms with Crippen molar-refractivity contribution in [2.45, 2.75) is 23.5 Å². The van der Waals surface area contributed by atoms with Crippen LogP contribution in [0.1, 0.15) is 12.0 Å². The van der Waals surface area contributed by atoms with Crippen LogP contribution in [-0.4, -0.2) is 29.3 Å². The molecule has 1 amide bonds. The van der Waals surface area contributed by atoms with Gasteiger partial charge in [-0.3, -0.25) is 9.59 Å². The third-order valence-electron chi connectivity index (χ3n) is 2.70. The Morgan fingerprint density at radius 3 is 2.89 bits per heavy atom. The number of aryl methyl sites for hydroxylation is 1. The van der Waals surface area contributed by atoms with E-state index in [0.717, 1.165) is 10.5 Å². The molecule has 0 radical (unpaired) electrons. The minimum atomic E-state index is -0.980. The molecule has 2 rings (SSSR count). The Balaban J connectivity index is 2.38. The number of carbonyl (C=O) groups is 2. The van der Waals surface area contributed by atoms with Gasteiger partial charge in [0.1, 0.15) is 5.75 Å². The zero-order valence-corrected chi connectivity index (χ0v) is 10.8. The topological polar surface area (TPSA) is 75.6 Å². The van der Waals surface area contributed by atoms with Gasteiger partial charge in [-0.05, 0) is 18.6 Å². The highest BCUT2D eigenvalue weighted by Gasteiger charge is 2.31. The first-order valence-corrected chi connectivity index (χ1v) is 6.27. The Hall–Kier alpha value is -1.69. The number of nitrogens with one attached hydrogen (secondary N) is 1. The fourth-order valence-electron chi connectivity index (χ4n) is 1.80. The highest BCUT2D eigenvalue weighted by atomic mass is 32.2. The summed E-state index contributed by atoms with van der Waals surface area (Å²) in [4.78, 5) is 23.4. The minimum Gasteiger partial charge on any atom is -0.495 e. The zero-order chi connectivity index (χ0) is 13.3. The lowest BCUT2D eigenvalue weighted by atomic mass is 10.2. The molecule has 1 heterocycles. The smallest absolute Gasteiger partial charge is 0.305 e. The molecular formula is C12H13NO4S. The highest BCUT2D eigenvalue weighted by molar-refractivity contribution is 8.01. The molecule has 1 unspecified atom stereocenters. The summed E-state index contributed by atoms with van der Waals surface area (Å²) in [5.41, 5.74) is 1.63. The molecule has 0 saturated heterocycles. The number of fused-ring (bicyclic) bond motifs is 1. The van der Waals surface area contributed by atoms with E-state index in [1.807, 2.05) is 13.0 Å². The van der Waals surface area contributed by atoms with Gasteiger partial charge in [-0.25, -0.2) is 0 Å². The van der Waals surface area contributed by atoms with Gasteiger partial charge in [0.25, 0.3) is 0 Å². The molecule has 1 aliphatic rings. The second-order valence-electron chi connectivity index (χ2n) is 3.98. The number of anilines is 1. The van der Waals surface area contributed by atoms with Crippen LogP contribution in [0.25, 0.3) is 0 Å². The van der Waals surface area contributed by atoms with Crippen molar-refractivity contribution in [1.29, 1.82) is 0 Å². The maximum Gasteiger partial charge on any atom is 0.305 e. The number of amides is 1. The van der Waals surface area contributed by atoms with E-state index in [9.17, 15) is 9.59 Å². The van der Waals surface area contributed by atoms with Gasteiger partial charge in [-0.1, -0.05) is 6.07 Å². The number of benzene rings is 1. The van der Waals surface area contributed by atoms with Crippen LogP contribution in [0.5, 0.6) is 5.75 Å². The van der Waals surface area contributed by atoms with Gasteiger partial charge in [-0.15, -0.1) is 11.8 Å². The average molecular weight is 267 g/mol. The van der Waals surface area contributed by atoms with Crippen molar-refractivity contribution in [2.75, 3.05) is 12.4 Å². The molecule has 0 aromatic heterocycles. The van der Waals surface area contributed by atoms with Crippen molar-refractivity contribution in [1.82, 2.24) is 0 Å². The van der Waals surface area contributed by atoms with E-state index in [0.29, 0.717) is 11.4 Å². The third kappa shape index (κ3) is 2.28. The number of rotatable bonds is 3. The SMILES string of the molecule is COc1ccc(C)c2c1NC(=O)C(CC(=O)O)S2. The molecule has 6 heteroatoms. The molecule has 96 valence electrons. The molecule has 1 atom stereocenters. The lowest BCUT2D eigenvalue weighted by Crippen LogP contribution is -2.31. The van der Waals surface area contributed by atoms with E-state index >= 15 is 0 Å². The first-order chi connectivity index (χ1) is 8.52. The van der Waals surface area contributed by atoms with Gasteiger partial charge >= 0.3 is 5.97 Å². The summed E-state index contributed by atoms with van der Waals surface area (Å²) in [6.07, 6.45) is -0.188. The first kappa shape index (κ1) is 12.8. The Morgan fingerprint density at radius 2 is 2.28 bits per heavy atom. The Morgan fingerprint density at radius 1 is 1.56 bits per heavy atom. The van der Waals surface area contributed by atoms with Crippen molar-refractivity contribution in [3.8, 4) is 5.75 Å². The summed E-state index contributed by atoms with van der Waals surface area (Å²) in [5.74, 6) is -0.685. The molecule has 1 aromatic rings. The lowest BCUT2D eigenvalue weighted by Gasteiger charge is -2.25. The van der Waals surface area contributed by atoms with Crippen molar-refractivity contribution in [2.24, 2.45) is 0 Å². The highest BCUT2D eigenvalue weighted by Crippen LogP contribution is 2.44. The molecule has 5 nitrogen and oxygen atoms in total. The lowest BCUT2D eigenvalue weighted by molar-refractivity contribution is -0.138. The Bertz CT molecular complexity index is 515. The Kier molecular flexibility index (Phi) is 3.47. The van der Waals surface area contributed by atoms with Crippen molar-refractivity contribution in [3.05, 3.63) is 17.7 Å². The quantitative estimate of drug-likeness (QED) is 0.874. The number of thioether (sulfide) groups is 1. The molecule has 0 spiro atoms. The van der Waals surface area contributed by atoms with Crippen LogP contribution < -0.4 is 10.1 Å². The van der Waals surface area contributed by atoms with Crippen LogP contribution in [0.3, 0.4) is 0 Å². The average Bonchev–Trinajstić information content (AvgIpc) is 2.31. The normalized spacial score (nSPS) is 17.9. The van der Waals surface area contributed by atoms with Gasteiger partial charge in [0.2, 0.25) is 5.91 Å². The summed E-state index contributed by atoms with van der Waals surface area (Å²) in [6, 6.07) is 3.67. The fraction of sp³-hybridized carbons (Fsp3) is 0.333. The molecule has 1 aliphatic heterocycles. The monoisotopic (exact) mass is 267 g/mol. The van der Waals surface area contributed by atoms with E-state index in [1.165, 1.54) is 18.9 Å². The summed E-state index contributed by atoms with van der Waals surface area (Å²) in [5, 5.41) is 10.9. The van der Waals surface area contributed by atoms with Crippen molar-refractivity contribution in [3.63, 3.8) is 0 Å². The first-order valence-electron chi connectivity index (χ1n) is 5.40. The van der Waals surface area contributed by atoms with Crippen LogP contribution >= 0.6 is 11.8 Å². The predicted octanol–water partition coefficient (Wildman–Crippen LogP) is 1.89. The van der Waals surface area contributed by atoms with Crippen LogP contribution in [-0.2, 0) is 9.59 Å². The van der Waals surface area contributed by atoms with Crippen LogP contribution in [0, 0.1) is 6.92 Å². The third-order valence-corrected chi connectivity index (χ3v) is 4.12. The number of carboxylic acids is 1. The van der Waals surface area contributed by atoms with Gasteiger partial charge in [0.15, 0.2) is 0 Å². The molecular weight excluding hydrogens is 254 g/mol. The van der Waals surface area contributed by atoms with Gasteiger partial charge < -0.3 is 15.2 Å². The maximum absolute atomic E-state index is 11.8. The summed E-state index contributed by atoms with van der Waals surface area (Å²) >= 11 is 1.28.